The van der Waals surface area contributed by atoms with Crippen molar-refractivity contribution in [2.75, 3.05) is 11.9 Å². The molecule has 0 aliphatic heterocycles. The molecule has 0 bridgehead atoms. The molecule has 0 saturated carbocycles. The van der Waals surface area contributed by atoms with Crippen molar-refractivity contribution >= 4 is 23.2 Å². The van der Waals surface area contributed by atoms with E-state index in [1.807, 2.05) is 0 Å². The zero-order valence-electron chi connectivity index (χ0n) is 12.5. The minimum Gasteiger partial charge on any atom is -0.326 e. The van der Waals surface area contributed by atoms with Crippen molar-refractivity contribution in [3.8, 4) is 11.8 Å². The lowest BCUT2D eigenvalue weighted by Gasteiger charge is -2.06. The van der Waals surface area contributed by atoms with E-state index >= 15 is 0 Å². The summed E-state index contributed by atoms with van der Waals surface area (Å²) in [5.74, 6) is 5.69. The van der Waals surface area contributed by atoms with Crippen molar-refractivity contribution in [1.29, 1.82) is 0 Å². The Morgan fingerprint density at radius 1 is 1.29 bits per heavy atom. The lowest BCUT2D eigenvalue weighted by Crippen LogP contribution is -2.11. The van der Waals surface area contributed by atoms with Crippen LogP contribution in [0.15, 0.2) is 18.2 Å². The largest absolute Gasteiger partial charge is 0.326 e. The Morgan fingerprint density at radius 2 is 2.05 bits per heavy atom. The first-order valence-electron chi connectivity index (χ1n) is 7.45. The molecule has 0 fully saturated rings. The molecule has 0 radical (unpaired) electrons. The Balaban J connectivity index is 2.48. The van der Waals surface area contributed by atoms with Gasteiger partial charge in [-0.2, -0.15) is 0 Å². The predicted octanol–water partition coefficient (Wildman–Crippen LogP) is 3.95. The molecule has 0 atom stereocenters. The second-order valence-corrected chi connectivity index (χ2v) is 5.32. The minimum absolute atomic E-state index is 0.0338. The van der Waals surface area contributed by atoms with E-state index in [0.29, 0.717) is 17.0 Å². The molecule has 4 heteroatoms. The molecule has 1 aromatic rings. The molecule has 3 nitrogen and oxygen atoms in total. The lowest BCUT2D eigenvalue weighted by molar-refractivity contribution is -0.116. The minimum atomic E-state index is 0.0338. The van der Waals surface area contributed by atoms with Crippen molar-refractivity contribution in [3.63, 3.8) is 0 Å². The van der Waals surface area contributed by atoms with Crippen molar-refractivity contribution < 1.29 is 4.79 Å². The van der Waals surface area contributed by atoms with Gasteiger partial charge in [-0.05, 0) is 24.6 Å². The van der Waals surface area contributed by atoms with Crippen molar-refractivity contribution in [3.05, 3.63) is 28.8 Å². The fraction of sp³-hybridized carbons (Fsp3) is 0.471. The molecule has 0 heterocycles. The highest BCUT2D eigenvalue weighted by atomic mass is 35.5. The summed E-state index contributed by atoms with van der Waals surface area (Å²) < 4.78 is 0. The van der Waals surface area contributed by atoms with Crippen LogP contribution in [0.25, 0.3) is 0 Å². The van der Waals surface area contributed by atoms with Gasteiger partial charge in [-0.15, -0.1) is 0 Å². The Hall–Kier alpha value is -1.50. The molecule has 0 saturated heterocycles. The zero-order valence-corrected chi connectivity index (χ0v) is 13.3. The van der Waals surface area contributed by atoms with Crippen LogP contribution in [-0.2, 0) is 4.79 Å². The topological polar surface area (TPSA) is 55.1 Å². The maximum Gasteiger partial charge on any atom is 0.224 e. The Morgan fingerprint density at radius 3 is 2.76 bits per heavy atom. The normalized spacial score (nSPS) is 9.86. The number of hydrogen-bond acceptors (Lipinski definition) is 2. The van der Waals surface area contributed by atoms with Gasteiger partial charge < -0.3 is 11.1 Å². The molecule has 1 rings (SSSR count). The average molecular weight is 307 g/mol. The van der Waals surface area contributed by atoms with Gasteiger partial charge in [0.1, 0.15) is 0 Å². The fourth-order valence-electron chi connectivity index (χ4n) is 1.96. The third-order valence-corrected chi connectivity index (χ3v) is 3.41. The molecule has 1 aromatic carbocycles. The summed E-state index contributed by atoms with van der Waals surface area (Å²) in [6.45, 7) is 2.46. The summed E-state index contributed by atoms with van der Waals surface area (Å²) in [5, 5.41) is 3.44. The lowest BCUT2D eigenvalue weighted by atomic mass is 10.1. The summed E-state index contributed by atoms with van der Waals surface area (Å²) in [6.07, 6.45) is 6.24. The van der Waals surface area contributed by atoms with Crippen molar-refractivity contribution in [2.24, 2.45) is 5.73 Å². The highest BCUT2D eigenvalue weighted by molar-refractivity contribution is 6.31. The van der Waals surface area contributed by atoms with E-state index in [1.54, 1.807) is 18.2 Å². The zero-order chi connectivity index (χ0) is 15.5. The average Bonchev–Trinajstić information content (AvgIpc) is 2.47. The van der Waals surface area contributed by atoms with E-state index in [9.17, 15) is 4.79 Å². The summed E-state index contributed by atoms with van der Waals surface area (Å²) in [7, 11) is 0. The quantitative estimate of drug-likeness (QED) is 0.592. The van der Waals surface area contributed by atoms with E-state index in [2.05, 4.69) is 24.1 Å². The molecular weight excluding hydrogens is 284 g/mol. The van der Waals surface area contributed by atoms with Gasteiger partial charge in [-0.1, -0.05) is 56.0 Å². The summed E-state index contributed by atoms with van der Waals surface area (Å²) >= 11 is 6.04. The number of nitrogens with two attached hydrogens (primary N) is 1. The standard InChI is InChI=1S/C17H23ClN2O/c1-2-3-4-5-6-9-17(21)20-15-10-11-16(18)14(13-15)8-7-12-19/h10-11,13H,2-6,9,12,19H2,1H3,(H,20,21). The monoisotopic (exact) mass is 306 g/mol. The van der Waals surface area contributed by atoms with E-state index in [4.69, 9.17) is 17.3 Å². The Bertz CT molecular complexity index is 517. The van der Waals surface area contributed by atoms with Crippen LogP contribution in [0.4, 0.5) is 5.69 Å². The molecule has 1 amide bonds. The highest BCUT2D eigenvalue weighted by Gasteiger charge is 2.04. The molecule has 21 heavy (non-hydrogen) atoms. The maximum atomic E-state index is 11.9. The van der Waals surface area contributed by atoms with Crippen LogP contribution in [-0.4, -0.2) is 12.5 Å². The van der Waals surface area contributed by atoms with E-state index in [0.717, 1.165) is 18.5 Å². The predicted molar refractivity (Wildman–Crippen MR) is 89.4 cm³/mol. The number of benzene rings is 1. The molecule has 0 aliphatic rings. The van der Waals surface area contributed by atoms with Gasteiger partial charge in [0.15, 0.2) is 0 Å². The number of carbonyl (C=O) groups excluding carboxylic acids is 1. The third-order valence-electron chi connectivity index (χ3n) is 3.08. The molecule has 0 spiro atoms. The molecule has 114 valence electrons. The number of anilines is 1. The van der Waals surface area contributed by atoms with Gasteiger partial charge in [-0.25, -0.2) is 0 Å². The Kier molecular flexibility index (Phi) is 8.57. The van der Waals surface area contributed by atoms with Crippen LogP contribution in [0.1, 0.15) is 51.0 Å². The van der Waals surface area contributed by atoms with Gasteiger partial charge >= 0.3 is 0 Å². The Labute approximate surface area is 132 Å². The number of hydrogen-bond donors (Lipinski definition) is 2. The molecule has 0 aromatic heterocycles. The SMILES string of the molecule is CCCCCCCC(=O)Nc1ccc(Cl)c(C#CCN)c1. The van der Waals surface area contributed by atoms with E-state index < -0.39 is 0 Å². The van der Waals surface area contributed by atoms with Gasteiger partial charge in [0.2, 0.25) is 5.91 Å². The number of rotatable bonds is 7. The second-order valence-electron chi connectivity index (χ2n) is 4.91. The van der Waals surface area contributed by atoms with Crippen LogP contribution >= 0.6 is 11.6 Å². The third kappa shape index (κ3) is 7.17. The van der Waals surface area contributed by atoms with Crippen molar-refractivity contribution in [1.82, 2.24) is 0 Å². The van der Waals surface area contributed by atoms with E-state index in [1.165, 1.54) is 19.3 Å². The van der Waals surface area contributed by atoms with Crippen LogP contribution < -0.4 is 11.1 Å². The number of unbranched alkanes of at least 4 members (excludes halogenated alkanes) is 4. The number of halogens is 1. The van der Waals surface area contributed by atoms with Gasteiger partial charge in [0.25, 0.3) is 0 Å². The van der Waals surface area contributed by atoms with Gasteiger partial charge in [0, 0.05) is 17.7 Å². The maximum absolute atomic E-state index is 11.9. The number of nitrogens with one attached hydrogen (secondary N) is 1. The summed E-state index contributed by atoms with van der Waals surface area (Å²) in [6, 6.07) is 5.30. The smallest absolute Gasteiger partial charge is 0.224 e. The summed E-state index contributed by atoms with van der Waals surface area (Å²) in [4.78, 5) is 11.9. The van der Waals surface area contributed by atoms with Gasteiger partial charge in [0.05, 0.1) is 11.6 Å². The number of amides is 1. The highest BCUT2D eigenvalue weighted by Crippen LogP contribution is 2.20. The molecule has 0 unspecified atom stereocenters. The molecule has 3 N–H and O–H groups in total. The second kappa shape index (κ2) is 10.3. The number of carbonyl (C=O) groups is 1. The van der Waals surface area contributed by atoms with Crippen LogP contribution in [0.3, 0.4) is 0 Å². The van der Waals surface area contributed by atoms with Crippen LogP contribution in [0, 0.1) is 11.8 Å². The van der Waals surface area contributed by atoms with Crippen molar-refractivity contribution in [2.45, 2.75) is 45.4 Å². The van der Waals surface area contributed by atoms with Crippen LogP contribution in [0.2, 0.25) is 5.02 Å². The van der Waals surface area contributed by atoms with E-state index in [-0.39, 0.29) is 12.5 Å². The first kappa shape index (κ1) is 17.6. The first-order chi connectivity index (χ1) is 10.2. The first-order valence-corrected chi connectivity index (χ1v) is 7.83. The molecular formula is C17H23ClN2O. The van der Waals surface area contributed by atoms with Gasteiger partial charge in [-0.3, -0.25) is 4.79 Å². The van der Waals surface area contributed by atoms with Crippen LogP contribution in [0.5, 0.6) is 0 Å². The summed E-state index contributed by atoms with van der Waals surface area (Å²) in [5.41, 5.74) is 6.75. The fourth-order valence-corrected chi connectivity index (χ4v) is 2.12. The molecule has 0 aliphatic carbocycles.